The number of urea groups is 1. The van der Waals surface area contributed by atoms with Crippen molar-refractivity contribution >= 4 is 11.7 Å². The number of hydrogen-bond acceptors (Lipinski definition) is 5. The number of carbonyl (C=O) groups excluding carboxylic acids is 1. The van der Waals surface area contributed by atoms with E-state index in [4.69, 9.17) is 0 Å². The molecule has 2 heterocycles. The van der Waals surface area contributed by atoms with Crippen LogP contribution < -0.4 is 10.6 Å². The van der Waals surface area contributed by atoms with Crippen molar-refractivity contribution in [2.75, 3.05) is 25.0 Å². The average molecular weight is 478 g/mol. The van der Waals surface area contributed by atoms with Gasteiger partial charge in [0, 0.05) is 36.9 Å². The lowest BCUT2D eigenvalue weighted by atomic mass is 9.91. The van der Waals surface area contributed by atoms with Gasteiger partial charge in [0.25, 0.3) is 0 Å². The standard InChI is InChI=1S/C26H32FN7O/c1-33-24(30-31-32-33)21-5-2-6-23(17-21)28-25(35)29-26(11-12-26)13-15-34-14-3-4-20(18-34)16-19-7-9-22(27)10-8-19/h2,5-10,17,20H,3-4,11-16,18H2,1H3,(H2,28,29,35)/t20-/m0/s1. The van der Waals surface area contributed by atoms with E-state index in [-0.39, 0.29) is 17.4 Å². The van der Waals surface area contributed by atoms with E-state index in [0.717, 1.165) is 50.9 Å². The molecule has 2 fully saturated rings. The molecule has 1 atom stereocenters. The van der Waals surface area contributed by atoms with Crippen molar-refractivity contribution in [1.82, 2.24) is 30.4 Å². The summed E-state index contributed by atoms with van der Waals surface area (Å²) in [7, 11) is 1.78. The highest BCUT2D eigenvalue weighted by Gasteiger charge is 2.44. The van der Waals surface area contributed by atoms with E-state index in [1.807, 2.05) is 36.4 Å². The summed E-state index contributed by atoms with van der Waals surface area (Å²) in [6.45, 7) is 3.14. The summed E-state index contributed by atoms with van der Waals surface area (Å²) in [5.41, 5.74) is 2.64. The lowest BCUT2D eigenvalue weighted by molar-refractivity contribution is 0.165. The maximum Gasteiger partial charge on any atom is 0.319 e. The van der Waals surface area contributed by atoms with Crippen molar-refractivity contribution < 1.29 is 9.18 Å². The number of likely N-dealkylation sites (tertiary alicyclic amines) is 1. The van der Waals surface area contributed by atoms with Crippen LogP contribution in [0.25, 0.3) is 11.4 Å². The van der Waals surface area contributed by atoms with E-state index < -0.39 is 0 Å². The van der Waals surface area contributed by atoms with Crippen molar-refractivity contribution in [3.63, 3.8) is 0 Å². The molecule has 35 heavy (non-hydrogen) atoms. The summed E-state index contributed by atoms with van der Waals surface area (Å²) >= 11 is 0. The minimum Gasteiger partial charge on any atom is -0.332 e. The molecule has 1 aliphatic carbocycles. The second kappa shape index (κ2) is 10.1. The Bertz CT molecular complexity index is 1160. The zero-order chi connectivity index (χ0) is 24.3. The first-order chi connectivity index (χ1) is 17.0. The number of hydrogen-bond donors (Lipinski definition) is 2. The lowest BCUT2D eigenvalue weighted by Gasteiger charge is -2.34. The second-order valence-electron chi connectivity index (χ2n) is 9.96. The maximum absolute atomic E-state index is 13.2. The third-order valence-corrected chi connectivity index (χ3v) is 7.18. The molecular formula is C26H32FN7O. The number of amides is 2. The van der Waals surface area contributed by atoms with Gasteiger partial charge in [-0.25, -0.2) is 13.9 Å². The van der Waals surface area contributed by atoms with Gasteiger partial charge >= 0.3 is 6.03 Å². The molecule has 2 N–H and O–H groups in total. The Morgan fingerprint density at radius 3 is 2.77 bits per heavy atom. The maximum atomic E-state index is 13.2. The van der Waals surface area contributed by atoms with Gasteiger partial charge in [-0.05, 0) is 91.2 Å². The molecule has 9 heteroatoms. The quantitative estimate of drug-likeness (QED) is 0.512. The van der Waals surface area contributed by atoms with Gasteiger partial charge in [-0.3, -0.25) is 0 Å². The summed E-state index contributed by atoms with van der Waals surface area (Å²) in [5, 5.41) is 17.8. The molecule has 5 rings (SSSR count). The monoisotopic (exact) mass is 477 g/mol. The topological polar surface area (TPSA) is 88.0 Å². The Morgan fingerprint density at radius 2 is 2.03 bits per heavy atom. The van der Waals surface area contributed by atoms with Crippen molar-refractivity contribution in [3.8, 4) is 11.4 Å². The number of nitrogens with one attached hydrogen (secondary N) is 2. The van der Waals surface area contributed by atoms with Crippen LogP contribution in [-0.2, 0) is 13.5 Å². The van der Waals surface area contributed by atoms with Gasteiger partial charge in [0.05, 0.1) is 0 Å². The van der Waals surface area contributed by atoms with Crippen LogP contribution in [-0.4, -0.2) is 56.3 Å². The number of carbonyl (C=O) groups is 1. The average Bonchev–Trinajstić information content (AvgIpc) is 3.47. The molecule has 1 aliphatic heterocycles. The molecule has 3 aromatic rings. The molecule has 1 saturated carbocycles. The van der Waals surface area contributed by atoms with Crippen molar-refractivity contribution in [3.05, 3.63) is 59.9 Å². The predicted molar refractivity (Wildman–Crippen MR) is 132 cm³/mol. The molecule has 8 nitrogen and oxygen atoms in total. The number of anilines is 1. The van der Waals surface area contributed by atoms with E-state index in [9.17, 15) is 9.18 Å². The zero-order valence-electron chi connectivity index (χ0n) is 20.1. The molecule has 0 bridgehead atoms. The van der Waals surface area contributed by atoms with Crippen molar-refractivity contribution in [2.24, 2.45) is 13.0 Å². The molecular weight excluding hydrogens is 445 g/mol. The Labute approximate surface area is 204 Å². The molecule has 2 amide bonds. The summed E-state index contributed by atoms with van der Waals surface area (Å²) < 4.78 is 14.8. The number of aromatic nitrogens is 4. The fourth-order valence-electron chi connectivity index (χ4n) is 5.05. The SMILES string of the molecule is Cn1nnnc1-c1cccc(NC(=O)NC2(CCN3CCC[C@@H](Cc4ccc(F)cc4)C3)CC2)c1. The van der Waals surface area contributed by atoms with Gasteiger partial charge in [0.1, 0.15) is 5.82 Å². The third-order valence-electron chi connectivity index (χ3n) is 7.18. The van der Waals surface area contributed by atoms with E-state index in [0.29, 0.717) is 17.4 Å². The molecule has 1 aromatic heterocycles. The smallest absolute Gasteiger partial charge is 0.319 e. The third kappa shape index (κ3) is 6.03. The number of halogens is 1. The van der Waals surface area contributed by atoms with Gasteiger partial charge in [-0.15, -0.1) is 5.10 Å². The van der Waals surface area contributed by atoms with Crippen LogP contribution in [0, 0.1) is 11.7 Å². The number of aryl methyl sites for hydroxylation is 1. The molecule has 0 unspecified atom stereocenters. The van der Waals surface area contributed by atoms with Crippen LogP contribution >= 0.6 is 0 Å². The van der Waals surface area contributed by atoms with Crippen LogP contribution in [0.1, 0.15) is 37.7 Å². The summed E-state index contributed by atoms with van der Waals surface area (Å²) in [4.78, 5) is 15.3. The predicted octanol–water partition coefficient (Wildman–Crippen LogP) is 4.02. The minimum atomic E-state index is -0.180. The van der Waals surface area contributed by atoms with E-state index in [1.54, 1.807) is 23.9 Å². The Morgan fingerprint density at radius 1 is 1.20 bits per heavy atom. The molecule has 184 valence electrons. The number of nitrogens with zero attached hydrogens (tertiary/aromatic N) is 5. The second-order valence-corrected chi connectivity index (χ2v) is 9.96. The van der Waals surface area contributed by atoms with Crippen molar-refractivity contribution in [2.45, 2.75) is 44.1 Å². The highest BCUT2D eigenvalue weighted by Crippen LogP contribution is 2.39. The highest BCUT2D eigenvalue weighted by molar-refractivity contribution is 5.90. The van der Waals surface area contributed by atoms with Crippen LogP contribution in [0.3, 0.4) is 0 Å². The summed E-state index contributed by atoms with van der Waals surface area (Å²) in [5.74, 6) is 1.06. The normalized spacial score (nSPS) is 19.3. The van der Waals surface area contributed by atoms with Crippen molar-refractivity contribution in [1.29, 1.82) is 0 Å². The van der Waals surface area contributed by atoms with Crippen LogP contribution in [0.4, 0.5) is 14.9 Å². The first kappa shape index (κ1) is 23.4. The van der Waals surface area contributed by atoms with E-state index >= 15 is 0 Å². The molecule has 2 aliphatic rings. The first-order valence-corrected chi connectivity index (χ1v) is 12.4. The fourth-order valence-corrected chi connectivity index (χ4v) is 5.05. The van der Waals surface area contributed by atoms with Crippen LogP contribution in [0.5, 0.6) is 0 Å². The molecule has 0 radical (unpaired) electrons. The number of piperidine rings is 1. The van der Waals surface area contributed by atoms with Gasteiger partial charge in [-0.1, -0.05) is 24.3 Å². The number of benzene rings is 2. The Balaban J connectivity index is 1.10. The Hall–Kier alpha value is -3.33. The molecule has 1 saturated heterocycles. The molecule has 0 spiro atoms. The summed E-state index contributed by atoms with van der Waals surface area (Å²) in [6, 6.07) is 14.3. The van der Waals surface area contributed by atoms with E-state index in [2.05, 4.69) is 31.1 Å². The number of tetrazole rings is 1. The zero-order valence-corrected chi connectivity index (χ0v) is 20.1. The highest BCUT2D eigenvalue weighted by atomic mass is 19.1. The van der Waals surface area contributed by atoms with E-state index in [1.165, 1.54) is 18.4 Å². The first-order valence-electron chi connectivity index (χ1n) is 12.4. The largest absolute Gasteiger partial charge is 0.332 e. The minimum absolute atomic E-state index is 0.112. The molecule has 2 aromatic carbocycles. The number of rotatable bonds is 8. The van der Waals surface area contributed by atoms with Crippen LogP contribution in [0.15, 0.2) is 48.5 Å². The van der Waals surface area contributed by atoms with Gasteiger partial charge in [0.2, 0.25) is 0 Å². The summed E-state index contributed by atoms with van der Waals surface area (Å²) in [6.07, 6.45) is 6.36. The van der Waals surface area contributed by atoms with Gasteiger partial charge in [-0.2, -0.15) is 0 Å². The Kier molecular flexibility index (Phi) is 6.77. The van der Waals surface area contributed by atoms with Gasteiger partial charge in [0.15, 0.2) is 5.82 Å². The van der Waals surface area contributed by atoms with Gasteiger partial charge < -0.3 is 15.5 Å². The van der Waals surface area contributed by atoms with Crippen LogP contribution in [0.2, 0.25) is 0 Å². The lowest BCUT2D eigenvalue weighted by Crippen LogP contribution is -2.44. The fraction of sp³-hybridized carbons (Fsp3) is 0.462.